The minimum absolute atomic E-state index is 0.0506. The topological polar surface area (TPSA) is 60.2 Å². The van der Waals surface area contributed by atoms with Gasteiger partial charge in [-0.1, -0.05) is 30.3 Å². The van der Waals surface area contributed by atoms with E-state index in [1.165, 1.54) is 0 Å². The van der Waals surface area contributed by atoms with Crippen molar-refractivity contribution in [2.75, 3.05) is 6.61 Å². The molecule has 5 nitrogen and oxygen atoms in total. The average Bonchev–Trinajstić information content (AvgIpc) is 3.04. The fourth-order valence-corrected chi connectivity index (χ4v) is 2.54. The van der Waals surface area contributed by atoms with Crippen molar-refractivity contribution in [2.45, 2.75) is 31.9 Å². The molecule has 1 aromatic heterocycles. The molecule has 0 aliphatic carbocycles. The molecule has 0 spiro atoms. The van der Waals surface area contributed by atoms with Crippen molar-refractivity contribution in [1.29, 1.82) is 0 Å². The highest BCUT2D eigenvalue weighted by atomic mass is 16.5. The van der Waals surface area contributed by atoms with E-state index in [1.54, 1.807) is 10.9 Å². The molecule has 2 aromatic rings. The number of aryl methyl sites for hydroxylation is 1. The van der Waals surface area contributed by atoms with Crippen LogP contribution in [0.25, 0.3) is 0 Å². The Kier molecular flexibility index (Phi) is 3.21. The summed E-state index contributed by atoms with van der Waals surface area (Å²) in [5.74, 6) is 0.811. The van der Waals surface area contributed by atoms with Crippen molar-refractivity contribution in [2.24, 2.45) is 0 Å². The fourth-order valence-electron chi connectivity index (χ4n) is 2.54. The molecule has 0 bridgehead atoms. The Morgan fingerprint density at radius 1 is 1.47 bits per heavy atom. The van der Waals surface area contributed by atoms with E-state index in [0.29, 0.717) is 6.61 Å². The van der Waals surface area contributed by atoms with Gasteiger partial charge < -0.3 is 9.84 Å². The van der Waals surface area contributed by atoms with Crippen LogP contribution >= 0.6 is 0 Å². The maximum atomic E-state index is 10.6. The van der Waals surface area contributed by atoms with E-state index in [4.69, 9.17) is 4.74 Å². The summed E-state index contributed by atoms with van der Waals surface area (Å²) >= 11 is 0. The second-order valence-corrected chi connectivity index (χ2v) is 4.78. The van der Waals surface area contributed by atoms with Crippen molar-refractivity contribution in [3.8, 4) is 5.75 Å². The average molecular weight is 259 g/mol. The summed E-state index contributed by atoms with van der Waals surface area (Å²) < 4.78 is 7.39. The van der Waals surface area contributed by atoms with Crippen molar-refractivity contribution < 1.29 is 9.84 Å². The summed E-state index contributed by atoms with van der Waals surface area (Å²) in [7, 11) is 0. The summed E-state index contributed by atoms with van der Waals surface area (Å²) in [5, 5.41) is 18.5. The standard InChI is InChI=1S/C14H17N3O2/c1-2-7-17-12(8-15-16-17)14(18)11-9-19-13-6-4-3-5-10(11)13/h3-6,8,11,14,18H,2,7,9H2,1H3. The third-order valence-electron chi connectivity index (χ3n) is 3.50. The highest BCUT2D eigenvalue weighted by Crippen LogP contribution is 2.40. The Hall–Kier alpha value is -1.88. The number of fused-ring (bicyclic) bond motifs is 1. The molecule has 1 aliphatic rings. The van der Waals surface area contributed by atoms with Crippen LogP contribution in [-0.2, 0) is 6.54 Å². The van der Waals surface area contributed by atoms with Gasteiger partial charge in [0.2, 0.25) is 0 Å². The van der Waals surface area contributed by atoms with Gasteiger partial charge in [-0.25, -0.2) is 4.68 Å². The van der Waals surface area contributed by atoms with Crippen LogP contribution in [-0.4, -0.2) is 26.7 Å². The van der Waals surface area contributed by atoms with Gasteiger partial charge in [0.05, 0.1) is 24.4 Å². The van der Waals surface area contributed by atoms with Gasteiger partial charge in [0.25, 0.3) is 0 Å². The van der Waals surface area contributed by atoms with Crippen LogP contribution in [0.4, 0.5) is 0 Å². The first-order chi connectivity index (χ1) is 9.31. The number of hydrogen-bond donors (Lipinski definition) is 1. The van der Waals surface area contributed by atoms with E-state index in [2.05, 4.69) is 17.2 Å². The number of aromatic nitrogens is 3. The number of hydrogen-bond acceptors (Lipinski definition) is 4. The van der Waals surface area contributed by atoms with Crippen LogP contribution in [0.15, 0.2) is 30.5 Å². The van der Waals surface area contributed by atoms with Gasteiger partial charge in [-0.05, 0) is 12.5 Å². The minimum atomic E-state index is -0.634. The summed E-state index contributed by atoms with van der Waals surface area (Å²) in [6.45, 7) is 3.34. The molecule has 1 aliphatic heterocycles. The highest BCUT2D eigenvalue weighted by molar-refractivity contribution is 5.40. The predicted molar refractivity (Wildman–Crippen MR) is 70.0 cm³/mol. The van der Waals surface area contributed by atoms with Crippen LogP contribution in [0.2, 0.25) is 0 Å². The summed E-state index contributed by atoms with van der Waals surface area (Å²) in [4.78, 5) is 0. The first-order valence-electron chi connectivity index (χ1n) is 6.59. The molecule has 0 amide bonds. The quantitative estimate of drug-likeness (QED) is 0.911. The van der Waals surface area contributed by atoms with E-state index >= 15 is 0 Å². The molecule has 0 saturated heterocycles. The number of para-hydroxylation sites is 1. The van der Waals surface area contributed by atoms with Crippen LogP contribution in [0.3, 0.4) is 0 Å². The number of aliphatic hydroxyl groups excluding tert-OH is 1. The lowest BCUT2D eigenvalue weighted by Gasteiger charge is -2.17. The zero-order chi connectivity index (χ0) is 13.2. The molecular formula is C14H17N3O2. The molecule has 5 heteroatoms. The van der Waals surface area contributed by atoms with Crippen molar-refractivity contribution >= 4 is 0 Å². The van der Waals surface area contributed by atoms with Crippen LogP contribution in [0.5, 0.6) is 5.75 Å². The van der Waals surface area contributed by atoms with Gasteiger partial charge >= 0.3 is 0 Å². The third kappa shape index (κ3) is 2.10. The van der Waals surface area contributed by atoms with E-state index in [1.807, 2.05) is 24.3 Å². The largest absolute Gasteiger partial charge is 0.493 e. The molecule has 19 heavy (non-hydrogen) atoms. The number of benzene rings is 1. The lowest BCUT2D eigenvalue weighted by Crippen LogP contribution is -2.17. The van der Waals surface area contributed by atoms with Crippen molar-refractivity contribution in [3.63, 3.8) is 0 Å². The van der Waals surface area contributed by atoms with Gasteiger partial charge in [0.15, 0.2) is 0 Å². The monoisotopic (exact) mass is 259 g/mol. The van der Waals surface area contributed by atoms with Gasteiger partial charge in [0.1, 0.15) is 11.9 Å². The van der Waals surface area contributed by atoms with E-state index < -0.39 is 6.10 Å². The molecule has 1 aromatic carbocycles. The zero-order valence-corrected chi connectivity index (χ0v) is 10.9. The molecule has 2 unspecified atom stereocenters. The minimum Gasteiger partial charge on any atom is -0.493 e. The van der Waals surface area contributed by atoms with Crippen LogP contribution in [0.1, 0.15) is 36.6 Å². The molecule has 3 rings (SSSR count). The highest BCUT2D eigenvalue weighted by Gasteiger charge is 2.32. The first kappa shape index (κ1) is 12.2. The second-order valence-electron chi connectivity index (χ2n) is 4.78. The molecule has 2 atom stereocenters. The molecule has 0 fully saturated rings. The van der Waals surface area contributed by atoms with E-state index in [-0.39, 0.29) is 5.92 Å². The smallest absolute Gasteiger partial charge is 0.123 e. The maximum absolute atomic E-state index is 10.6. The Morgan fingerprint density at radius 2 is 2.32 bits per heavy atom. The Labute approximate surface area is 111 Å². The molecule has 0 radical (unpaired) electrons. The lowest BCUT2D eigenvalue weighted by atomic mass is 9.93. The van der Waals surface area contributed by atoms with Crippen LogP contribution in [0, 0.1) is 0 Å². The normalized spacial score (nSPS) is 18.9. The molecular weight excluding hydrogens is 242 g/mol. The maximum Gasteiger partial charge on any atom is 0.123 e. The second kappa shape index (κ2) is 5.01. The number of aliphatic hydroxyl groups is 1. The van der Waals surface area contributed by atoms with Gasteiger partial charge in [-0.15, -0.1) is 5.10 Å². The Balaban J connectivity index is 1.89. The van der Waals surface area contributed by atoms with Crippen molar-refractivity contribution in [1.82, 2.24) is 15.0 Å². The first-order valence-corrected chi connectivity index (χ1v) is 6.59. The van der Waals surface area contributed by atoms with Crippen LogP contribution < -0.4 is 4.74 Å². The SMILES string of the molecule is CCCn1nncc1C(O)C1COc2ccccc21. The fraction of sp³-hybridized carbons (Fsp3) is 0.429. The summed E-state index contributed by atoms with van der Waals surface area (Å²) in [6.07, 6.45) is 1.97. The van der Waals surface area contributed by atoms with E-state index in [0.717, 1.165) is 30.0 Å². The Bertz CT molecular complexity index is 567. The van der Waals surface area contributed by atoms with E-state index in [9.17, 15) is 5.11 Å². The van der Waals surface area contributed by atoms with Gasteiger partial charge in [-0.2, -0.15) is 0 Å². The number of ether oxygens (including phenoxy) is 1. The van der Waals surface area contributed by atoms with Gasteiger partial charge in [0, 0.05) is 12.1 Å². The molecule has 2 heterocycles. The van der Waals surface area contributed by atoms with Gasteiger partial charge in [-0.3, -0.25) is 0 Å². The molecule has 1 N–H and O–H groups in total. The summed E-state index contributed by atoms with van der Waals surface area (Å²) in [5.41, 5.74) is 1.81. The number of rotatable bonds is 4. The third-order valence-corrected chi connectivity index (χ3v) is 3.50. The lowest BCUT2D eigenvalue weighted by molar-refractivity contribution is 0.121. The van der Waals surface area contributed by atoms with Crippen molar-refractivity contribution in [3.05, 3.63) is 41.7 Å². The predicted octanol–water partition coefficient (Wildman–Crippen LogP) is 1.90. The number of nitrogens with zero attached hydrogens (tertiary/aromatic N) is 3. The summed E-state index contributed by atoms with van der Waals surface area (Å²) in [6, 6.07) is 7.85. The molecule has 100 valence electrons. The zero-order valence-electron chi connectivity index (χ0n) is 10.9. The Morgan fingerprint density at radius 3 is 3.16 bits per heavy atom. The molecule has 0 saturated carbocycles.